The quantitative estimate of drug-likeness (QED) is 0.688. The van der Waals surface area contributed by atoms with Crippen molar-refractivity contribution in [3.8, 4) is 0 Å². The van der Waals surface area contributed by atoms with Crippen molar-refractivity contribution in [3.63, 3.8) is 0 Å². The summed E-state index contributed by atoms with van der Waals surface area (Å²) in [7, 11) is 0. The molecule has 1 aliphatic rings. The lowest BCUT2D eigenvalue weighted by Crippen LogP contribution is -2.14. The van der Waals surface area contributed by atoms with E-state index in [1.54, 1.807) is 0 Å². The van der Waals surface area contributed by atoms with Gasteiger partial charge in [-0.25, -0.2) is 0 Å². The Kier molecular flexibility index (Phi) is 2.35. The third-order valence-electron chi connectivity index (χ3n) is 2.24. The lowest BCUT2D eigenvalue weighted by atomic mass is 9.94. The molecule has 67 valence electrons. The molecule has 2 rings (SSSR count). The van der Waals surface area contributed by atoms with Gasteiger partial charge in [0.05, 0.1) is 0 Å². The summed E-state index contributed by atoms with van der Waals surface area (Å²) in [6.45, 7) is 4.31. The van der Waals surface area contributed by atoms with E-state index in [2.05, 4.69) is 49.1 Å². The zero-order valence-electron chi connectivity index (χ0n) is 7.88. The molecule has 1 aromatic rings. The van der Waals surface area contributed by atoms with Gasteiger partial charge in [0.25, 0.3) is 0 Å². The van der Waals surface area contributed by atoms with Gasteiger partial charge in [0, 0.05) is 17.8 Å². The highest BCUT2D eigenvalue weighted by Gasteiger charge is 2.13. The molecule has 0 amide bonds. The van der Waals surface area contributed by atoms with Crippen molar-refractivity contribution >= 4 is 11.8 Å². The van der Waals surface area contributed by atoms with Gasteiger partial charge in [-0.2, -0.15) is 0 Å². The lowest BCUT2D eigenvalue weighted by molar-refractivity contribution is 0.838. The van der Waals surface area contributed by atoms with Gasteiger partial charge >= 0.3 is 0 Å². The molecular weight excluding hydrogens is 158 g/mol. The zero-order chi connectivity index (χ0) is 9.10. The van der Waals surface area contributed by atoms with Gasteiger partial charge in [0.2, 0.25) is 0 Å². The Morgan fingerprint density at radius 1 is 1.31 bits per heavy atom. The van der Waals surface area contributed by atoms with Crippen LogP contribution in [0.5, 0.6) is 0 Å². The molecular formula is C12H14N. The fourth-order valence-electron chi connectivity index (χ4n) is 1.47. The largest absolute Gasteiger partial charge is 0.380 e. The van der Waals surface area contributed by atoms with Crippen LogP contribution in [-0.2, 0) is 0 Å². The summed E-state index contributed by atoms with van der Waals surface area (Å²) >= 11 is 0. The van der Waals surface area contributed by atoms with Crippen LogP contribution >= 0.6 is 0 Å². The van der Waals surface area contributed by atoms with Crippen LogP contribution in [0.1, 0.15) is 30.9 Å². The summed E-state index contributed by atoms with van der Waals surface area (Å²) in [6, 6.07) is 8.44. The number of benzene rings is 1. The first kappa shape index (κ1) is 8.36. The summed E-state index contributed by atoms with van der Waals surface area (Å²) in [5.74, 6) is 0. The fraction of sp³-hybridized carbons (Fsp3) is 0.250. The number of hydrogen-bond acceptors (Lipinski definition) is 1. The highest BCUT2D eigenvalue weighted by Crippen LogP contribution is 2.29. The molecule has 0 spiro atoms. The van der Waals surface area contributed by atoms with Gasteiger partial charge in [-0.1, -0.05) is 37.6 Å². The SMILES string of the molecule is CCC[CH]NC1=Cc2ccccc21. The maximum Gasteiger partial charge on any atom is 0.0462 e. The number of fused-ring (bicyclic) bond motifs is 1. The van der Waals surface area contributed by atoms with Crippen LogP contribution in [0.4, 0.5) is 0 Å². The van der Waals surface area contributed by atoms with Crippen molar-refractivity contribution in [3.05, 3.63) is 41.9 Å². The summed E-state index contributed by atoms with van der Waals surface area (Å²) < 4.78 is 0. The molecule has 0 unspecified atom stereocenters. The first-order valence-electron chi connectivity index (χ1n) is 4.81. The van der Waals surface area contributed by atoms with Crippen LogP contribution < -0.4 is 5.32 Å². The van der Waals surface area contributed by atoms with Crippen LogP contribution in [0.3, 0.4) is 0 Å². The topological polar surface area (TPSA) is 12.0 Å². The predicted octanol–water partition coefficient (Wildman–Crippen LogP) is 3.05. The normalized spacial score (nSPS) is 12.8. The molecule has 1 aromatic carbocycles. The van der Waals surface area contributed by atoms with E-state index in [9.17, 15) is 0 Å². The van der Waals surface area contributed by atoms with E-state index >= 15 is 0 Å². The Labute approximate surface area is 79.5 Å². The van der Waals surface area contributed by atoms with E-state index in [0.29, 0.717) is 0 Å². The molecule has 1 N–H and O–H groups in total. The minimum atomic E-state index is 1.12. The maximum absolute atomic E-state index is 3.31. The molecule has 1 aliphatic carbocycles. The van der Waals surface area contributed by atoms with Crippen molar-refractivity contribution in [1.82, 2.24) is 5.32 Å². The molecule has 0 atom stereocenters. The third kappa shape index (κ3) is 1.59. The third-order valence-corrected chi connectivity index (χ3v) is 2.24. The van der Waals surface area contributed by atoms with Crippen molar-refractivity contribution < 1.29 is 0 Å². The average molecular weight is 172 g/mol. The Balaban J connectivity index is 1.92. The zero-order valence-corrected chi connectivity index (χ0v) is 7.88. The maximum atomic E-state index is 3.31. The van der Waals surface area contributed by atoms with Gasteiger partial charge in [0.15, 0.2) is 0 Å². The fourth-order valence-corrected chi connectivity index (χ4v) is 1.47. The number of hydrogen-bond donors (Lipinski definition) is 1. The molecule has 0 saturated heterocycles. The minimum absolute atomic E-state index is 1.12. The van der Waals surface area contributed by atoms with Crippen LogP contribution in [0.15, 0.2) is 24.3 Å². The molecule has 1 heteroatoms. The van der Waals surface area contributed by atoms with Gasteiger partial charge in [-0.05, 0) is 18.1 Å². The van der Waals surface area contributed by atoms with E-state index in [-0.39, 0.29) is 0 Å². The monoisotopic (exact) mass is 172 g/mol. The molecule has 0 aromatic heterocycles. The molecule has 0 fully saturated rings. The van der Waals surface area contributed by atoms with Gasteiger partial charge < -0.3 is 5.32 Å². The average Bonchev–Trinajstić information content (AvgIpc) is 2.13. The molecule has 0 saturated carbocycles. The second-order valence-corrected chi connectivity index (χ2v) is 3.28. The standard InChI is InChI=1S/C12H14N/c1-2-3-8-13-12-9-10-6-4-5-7-11(10)12/h4-9,13H,2-3H2,1H3. The Morgan fingerprint density at radius 3 is 2.92 bits per heavy atom. The van der Waals surface area contributed by atoms with E-state index < -0.39 is 0 Å². The highest BCUT2D eigenvalue weighted by molar-refractivity contribution is 5.94. The van der Waals surface area contributed by atoms with Gasteiger partial charge in [-0.3, -0.25) is 0 Å². The van der Waals surface area contributed by atoms with E-state index in [4.69, 9.17) is 0 Å². The Bertz CT molecular complexity index is 326. The summed E-state index contributed by atoms with van der Waals surface area (Å²) in [6.07, 6.45) is 4.50. The molecule has 1 radical (unpaired) electrons. The Morgan fingerprint density at radius 2 is 2.15 bits per heavy atom. The first-order chi connectivity index (χ1) is 6.42. The second-order valence-electron chi connectivity index (χ2n) is 3.28. The molecule has 1 nitrogen and oxygen atoms in total. The van der Waals surface area contributed by atoms with Crippen molar-refractivity contribution in [1.29, 1.82) is 0 Å². The predicted molar refractivity (Wildman–Crippen MR) is 56.7 cm³/mol. The summed E-state index contributed by atoms with van der Waals surface area (Å²) in [5, 5.41) is 3.31. The summed E-state index contributed by atoms with van der Waals surface area (Å²) in [5.41, 5.74) is 3.94. The molecule has 0 bridgehead atoms. The molecule has 0 heterocycles. The van der Waals surface area contributed by atoms with Crippen molar-refractivity contribution in [2.45, 2.75) is 19.8 Å². The number of nitrogens with one attached hydrogen (secondary N) is 1. The van der Waals surface area contributed by atoms with E-state index in [1.807, 2.05) is 0 Å². The molecule has 13 heavy (non-hydrogen) atoms. The number of unbranched alkanes of at least 4 members (excludes halogenated alkanes) is 1. The minimum Gasteiger partial charge on any atom is -0.380 e. The lowest BCUT2D eigenvalue weighted by Gasteiger charge is -2.20. The second kappa shape index (κ2) is 3.65. The van der Waals surface area contributed by atoms with Gasteiger partial charge in [-0.15, -0.1) is 0 Å². The first-order valence-corrected chi connectivity index (χ1v) is 4.81. The molecule has 0 aliphatic heterocycles. The van der Waals surface area contributed by atoms with Crippen LogP contribution in [0.25, 0.3) is 11.8 Å². The van der Waals surface area contributed by atoms with Crippen LogP contribution in [0, 0.1) is 6.54 Å². The number of rotatable bonds is 4. The van der Waals surface area contributed by atoms with E-state index in [0.717, 1.165) is 6.42 Å². The van der Waals surface area contributed by atoms with E-state index in [1.165, 1.54) is 23.2 Å². The van der Waals surface area contributed by atoms with Crippen molar-refractivity contribution in [2.75, 3.05) is 0 Å². The highest BCUT2D eigenvalue weighted by atomic mass is 14.9. The Hall–Kier alpha value is -1.24. The van der Waals surface area contributed by atoms with Crippen LogP contribution in [0.2, 0.25) is 0 Å². The van der Waals surface area contributed by atoms with Crippen molar-refractivity contribution in [2.24, 2.45) is 0 Å². The van der Waals surface area contributed by atoms with Crippen LogP contribution in [-0.4, -0.2) is 0 Å². The smallest absolute Gasteiger partial charge is 0.0462 e. The van der Waals surface area contributed by atoms with Gasteiger partial charge in [0.1, 0.15) is 0 Å². The summed E-state index contributed by atoms with van der Waals surface area (Å²) in [4.78, 5) is 0.